The summed E-state index contributed by atoms with van der Waals surface area (Å²) in [4.78, 5) is 25.3. The van der Waals surface area contributed by atoms with E-state index >= 15 is 0 Å². The number of aryl methyl sites for hydroxylation is 1. The van der Waals surface area contributed by atoms with E-state index in [2.05, 4.69) is 10.4 Å². The molecule has 0 fully saturated rings. The molecule has 4 aromatic rings. The van der Waals surface area contributed by atoms with E-state index < -0.39 is 11.9 Å². The molecule has 1 N–H and O–H groups in total. The molecule has 0 bridgehead atoms. The number of carbonyl (C=O) groups excluding carboxylic acids is 2. The molecule has 2 aromatic heterocycles. The molecule has 0 aliphatic rings. The maximum atomic E-state index is 12.2. The number of hydrogen-bond acceptors (Lipinski definition) is 5. The summed E-state index contributed by atoms with van der Waals surface area (Å²) >= 11 is 1.57. The van der Waals surface area contributed by atoms with Crippen LogP contribution in [0, 0.1) is 6.92 Å². The molecule has 0 spiro atoms. The Morgan fingerprint density at radius 1 is 1.06 bits per heavy atom. The number of aromatic nitrogens is 2. The molecule has 0 saturated carbocycles. The number of nitrogens with zero attached hydrogens (tertiary/aromatic N) is 2. The molecule has 2 heterocycles. The number of para-hydroxylation sites is 2. The number of thiophene rings is 1. The summed E-state index contributed by atoms with van der Waals surface area (Å²) in [6, 6.07) is 21.1. The van der Waals surface area contributed by atoms with Crippen molar-refractivity contribution >= 4 is 35.0 Å². The molecule has 1 amide bonds. The van der Waals surface area contributed by atoms with Crippen molar-refractivity contribution in [1.82, 2.24) is 9.78 Å². The normalized spacial score (nSPS) is 10.9. The minimum atomic E-state index is -0.602. The second-order valence-corrected chi connectivity index (χ2v) is 7.94. The van der Waals surface area contributed by atoms with E-state index in [4.69, 9.17) is 4.74 Å². The quantitative estimate of drug-likeness (QED) is 0.318. The molecule has 0 unspecified atom stereocenters. The van der Waals surface area contributed by atoms with E-state index in [1.54, 1.807) is 28.2 Å². The average Bonchev–Trinajstić information content (AvgIpc) is 3.48. The molecule has 4 rings (SSSR count). The minimum absolute atomic E-state index is 0.363. The Morgan fingerprint density at radius 2 is 1.84 bits per heavy atom. The maximum Gasteiger partial charge on any atom is 0.331 e. The van der Waals surface area contributed by atoms with Gasteiger partial charge >= 0.3 is 5.97 Å². The van der Waals surface area contributed by atoms with Gasteiger partial charge in [-0.2, -0.15) is 5.10 Å². The largest absolute Gasteiger partial charge is 0.452 e. The second kappa shape index (κ2) is 9.89. The Balaban J connectivity index is 1.44. The van der Waals surface area contributed by atoms with Crippen molar-refractivity contribution in [1.29, 1.82) is 0 Å². The monoisotopic (exact) mass is 443 g/mol. The van der Waals surface area contributed by atoms with Gasteiger partial charge in [-0.25, -0.2) is 9.48 Å². The minimum Gasteiger partial charge on any atom is -0.452 e. The third kappa shape index (κ3) is 5.19. The Morgan fingerprint density at radius 3 is 2.59 bits per heavy atom. The van der Waals surface area contributed by atoms with Crippen molar-refractivity contribution in [3.05, 3.63) is 95.5 Å². The zero-order valence-corrected chi connectivity index (χ0v) is 18.2. The number of benzene rings is 2. The summed E-state index contributed by atoms with van der Waals surface area (Å²) in [6.45, 7) is 1.53. The first kappa shape index (κ1) is 21.3. The van der Waals surface area contributed by atoms with Crippen molar-refractivity contribution in [3.63, 3.8) is 0 Å². The molecule has 0 atom stereocenters. The molecule has 2 aromatic carbocycles. The highest BCUT2D eigenvalue weighted by atomic mass is 32.1. The van der Waals surface area contributed by atoms with E-state index in [9.17, 15) is 9.59 Å². The first-order valence-corrected chi connectivity index (χ1v) is 10.9. The number of esters is 1. The molecule has 0 radical (unpaired) electrons. The van der Waals surface area contributed by atoms with Crippen LogP contribution >= 0.6 is 11.3 Å². The Bertz CT molecular complexity index is 1240. The van der Waals surface area contributed by atoms with Crippen molar-refractivity contribution in [3.8, 4) is 16.3 Å². The van der Waals surface area contributed by atoms with Crippen LogP contribution < -0.4 is 5.32 Å². The first-order chi connectivity index (χ1) is 15.6. The van der Waals surface area contributed by atoms with Crippen LogP contribution in [0.2, 0.25) is 0 Å². The van der Waals surface area contributed by atoms with Crippen LogP contribution in [0.5, 0.6) is 0 Å². The Kier molecular flexibility index (Phi) is 6.57. The van der Waals surface area contributed by atoms with Crippen molar-refractivity contribution < 1.29 is 14.3 Å². The molecular weight excluding hydrogens is 422 g/mol. The van der Waals surface area contributed by atoms with E-state index in [-0.39, 0.29) is 6.61 Å². The number of ether oxygens (including phenoxy) is 1. The van der Waals surface area contributed by atoms with E-state index in [0.717, 1.165) is 27.4 Å². The summed E-state index contributed by atoms with van der Waals surface area (Å²) < 4.78 is 6.87. The van der Waals surface area contributed by atoms with Crippen molar-refractivity contribution in [2.45, 2.75) is 6.92 Å². The molecule has 160 valence electrons. The average molecular weight is 444 g/mol. The van der Waals surface area contributed by atoms with Gasteiger partial charge in [0.15, 0.2) is 6.61 Å². The summed E-state index contributed by atoms with van der Waals surface area (Å²) in [6.07, 6.45) is 4.83. The van der Waals surface area contributed by atoms with Gasteiger partial charge in [-0.1, -0.05) is 42.5 Å². The Labute approximate surface area is 189 Å². The first-order valence-electron chi connectivity index (χ1n) is 9.99. The SMILES string of the molecule is Cc1ccccc1NC(=O)COC(=O)C=Cc1cn(-c2ccccc2)nc1-c1cccs1. The molecule has 0 aliphatic heterocycles. The predicted octanol–water partition coefficient (Wildman–Crippen LogP) is 5.10. The van der Waals surface area contributed by atoms with Gasteiger partial charge in [0.2, 0.25) is 0 Å². The fourth-order valence-electron chi connectivity index (χ4n) is 3.07. The number of carbonyl (C=O) groups is 2. The highest BCUT2D eigenvalue weighted by molar-refractivity contribution is 7.13. The number of hydrogen-bond donors (Lipinski definition) is 1. The topological polar surface area (TPSA) is 73.2 Å². The van der Waals surface area contributed by atoms with Gasteiger partial charge in [-0.15, -0.1) is 11.3 Å². The lowest BCUT2D eigenvalue weighted by molar-refractivity contribution is -0.142. The zero-order valence-electron chi connectivity index (χ0n) is 17.4. The molecule has 0 aliphatic carbocycles. The summed E-state index contributed by atoms with van der Waals surface area (Å²) in [5.74, 6) is -0.994. The van der Waals surface area contributed by atoms with Crippen LogP contribution in [0.4, 0.5) is 5.69 Å². The lowest BCUT2D eigenvalue weighted by Gasteiger charge is -2.07. The van der Waals surface area contributed by atoms with Crippen LogP contribution in [0.3, 0.4) is 0 Å². The smallest absolute Gasteiger partial charge is 0.331 e. The fourth-order valence-corrected chi connectivity index (χ4v) is 3.80. The second-order valence-electron chi connectivity index (χ2n) is 6.99. The van der Waals surface area contributed by atoms with Crippen LogP contribution in [0.25, 0.3) is 22.3 Å². The van der Waals surface area contributed by atoms with Crippen LogP contribution in [0.1, 0.15) is 11.1 Å². The van der Waals surface area contributed by atoms with Crippen LogP contribution in [-0.2, 0) is 14.3 Å². The van der Waals surface area contributed by atoms with Crippen LogP contribution in [0.15, 0.2) is 84.4 Å². The summed E-state index contributed by atoms with van der Waals surface area (Å²) in [7, 11) is 0. The summed E-state index contributed by atoms with van der Waals surface area (Å²) in [5, 5.41) is 9.40. The summed E-state index contributed by atoms with van der Waals surface area (Å²) in [5.41, 5.74) is 4.09. The number of amides is 1. The number of nitrogens with one attached hydrogen (secondary N) is 1. The molecule has 6 nitrogen and oxygen atoms in total. The third-order valence-corrected chi connectivity index (χ3v) is 5.56. The van der Waals surface area contributed by atoms with Gasteiger partial charge in [-0.3, -0.25) is 4.79 Å². The number of rotatable bonds is 7. The Hall–Kier alpha value is -3.97. The molecule has 0 saturated heterocycles. The van der Waals surface area contributed by atoms with Crippen LogP contribution in [-0.4, -0.2) is 28.3 Å². The van der Waals surface area contributed by atoms with Gasteiger partial charge < -0.3 is 10.1 Å². The third-order valence-electron chi connectivity index (χ3n) is 4.68. The van der Waals surface area contributed by atoms with Gasteiger partial charge in [0.05, 0.1) is 10.6 Å². The van der Waals surface area contributed by atoms with Gasteiger partial charge in [0, 0.05) is 23.5 Å². The number of anilines is 1. The molecule has 32 heavy (non-hydrogen) atoms. The van der Waals surface area contributed by atoms with Crippen molar-refractivity contribution in [2.75, 3.05) is 11.9 Å². The van der Waals surface area contributed by atoms with E-state index in [1.807, 2.05) is 79.2 Å². The maximum absolute atomic E-state index is 12.2. The lowest BCUT2D eigenvalue weighted by Crippen LogP contribution is -2.20. The lowest BCUT2D eigenvalue weighted by atomic mass is 10.2. The van der Waals surface area contributed by atoms with Gasteiger partial charge in [0.1, 0.15) is 5.69 Å². The van der Waals surface area contributed by atoms with E-state index in [0.29, 0.717) is 5.69 Å². The zero-order chi connectivity index (χ0) is 22.3. The van der Waals surface area contributed by atoms with E-state index in [1.165, 1.54) is 6.08 Å². The molecule has 7 heteroatoms. The molecular formula is C25H21N3O3S. The highest BCUT2D eigenvalue weighted by Crippen LogP contribution is 2.28. The van der Waals surface area contributed by atoms with Gasteiger partial charge in [0.25, 0.3) is 5.91 Å². The fraction of sp³-hybridized carbons (Fsp3) is 0.0800. The van der Waals surface area contributed by atoms with Gasteiger partial charge in [-0.05, 0) is 48.2 Å². The van der Waals surface area contributed by atoms with Crippen molar-refractivity contribution in [2.24, 2.45) is 0 Å². The highest BCUT2D eigenvalue weighted by Gasteiger charge is 2.12. The predicted molar refractivity (Wildman–Crippen MR) is 127 cm³/mol. The standard InChI is InChI=1S/C25H21N3O3S/c1-18-8-5-6-11-21(18)26-23(29)17-31-24(30)14-13-19-16-28(20-9-3-2-4-10-20)27-25(19)22-12-7-15-32-22/h2-16H,17H2,1H3,(H,26,29).